The smallest absolute Gasteiger partial charge is 0.125 e. The Bertz CT molecular complexity index is 326. The van der Waals surface area contributed by atoms with Crippen LogP contribution < -0.4 is 10.5 Å². The van der Waals surface area contributed by atoms with Gasteiger partial charge in [-0.25, -0.2) is 0 Å². The van der Waals surface area contributed by atoms with E-state index in [-0.39, 0.29) is 0 Å². The molecule has 1 aromatic rings. The number of hydrogen-bond donors (Lipinski definition) is 1. The van der Waals surface area contributed by atoms with Gasteiger partial charge in [-0.3, -0.25) is 0 Å². The summed E-state index contributed by atoms with van der Waals surface area (Å²) in [6.07, 6.45) is 2.24. The Labute approximate surface area is 103 Å². The van der Waals surface area contributed by atoms with Crippen molar-refractivity contribution in [2.24, 2.45) is 11.7 Å². The number of halogens is 1. The van der Waals surface area contributed by atoms with Gasteiger partial charge in [-0.05, 0) is 30.9 Å². The minimum absolute atomic E-state index is 0.483. The predicted octanol–water partition coefficient (Wildman–Crippen LogP) is 3.61. The fourth-order valence-electron chi connectivity index (χ4n) is 1.51. The first-order valence-electron chi connectivity index (χ1n) is 5.74. The van der Waals surface area contributed by atoms with Gasteiger partial charge >= 0.3 is 0 Å². The maximum atomic E-state index is 5.92. The van der Waals surface area contributed by atoms with Gasteiger partial charge in [-0.1, -0.05) is 31.5 Å². The molecule has 1 rings (SSSR count). The van der Waals surface area contributed by atoms with E-state index >= 15 is 0 Å². The molecule has 0 aliphatic rings. The molecule has 0 spiro atoms. The van der Waals surface area contributed by atoms with E-state index in [1.54, 1.807) is 0 Å². The van der Waals surface area contributed by atoms with Crippen LogP contribution in [-0.2, 0) is 6.54 Å². The van der Waals surface area contributed by atoms with Crippen LogP contribution in [0.5, 0.6) is 5.75 Å². The molecule has 1 aromatic carbocycles. The third kappa shape index (κ3) is 4.42. The van der Waals surface area contributed by atoms with E-state index in [1.807, 2.05) is 18.2 Å². The summed E-state index contributed by atoms with van der Waals surface area (Å²) < 4.78 is 5.69. The van der Waals surface area contributed by atoms with Crippen molar-refractivity contribution in [3.8, 4) is 5.75 Å². The Morgan fingerprint density at radius 3 is 2.75 bits per heavy atom. The number of nitrogens with two attached hydrogens (primary N) is 1. The standard InChI is InChI=1S/C13H20ClNO/c1-10(2)4-3-7-16-13-8-12(14)6-5-11(13)9-15/h5-6,8,10H,3-4,7,9,15H2,1-2H3. The fraction of sp³-hybridized carbons (Fsp3) is 0.538. The van der Waals surface area contributed by atoms with Crippen molar-refractivity contribution in [2.75, 3.05) is 6.61 Å². The van der Waals surface area contributed by atoms with Crippen molar-refractivity contribution < 1.29 is 4.74 Å². The predicted molar refractivity (Wildman–Crippen MR) is 68.9 cm³/mol. The molecular weight excluding hydrogens is 222 g/mol. The van der Waals surface area contributed by atoms with E-state index in [0.29, 0.717) is 11.6 Å². The molecular formula is C13H20ClNO. The molecule has 0 saturated carbocycles. The Hall–Kier alpha value is -0.730. The summed E-state index contributed by atoms with van der Waals surface area (Å²) in [5, 5.41) is 0.691. The molecule has 90 valence electrons. The first-order valence-corrected chi connectivity index (χ1v) is 6.12. The highest BCUT2D eigenvalue weighted by Gasteiger charge is 2.03. The molecule has 3 heteroatoms. The number of ether oxygens (including phenoxy) is 1. The summed E-state index contributed by atoms with van der Waals surface area (Å²) >= 11 is 5.92. The summed E-state index contributed by atoms with van der Waals surface area (Å²) in [6.45, 7) is 5.64. The van der Waals surface area contributed by atoms with Crippen LogP contribution in [0.2, 0.25) is 5.02 Å². The Kier molecular flexibility index (Phi) is 5.64. The highest BCUT2D eigenvalue weighted by molar-refractivity contribution is 6.30. The van der Waals surface area contributed by atoms with E-state index in [2.05, 4.69) is 13.8 Å². The summed E-state index contributed by atoms with van der Waals surface area (Å²) in [6, 6.07) is 5.59. The number of rotatable bonds is 6. The largest absolute Gasteiger partial charge is 0.493 e. The van der Waals surface area contributed by atoms with Gasteiger partial charge in [0.15, 0.2) is 0 Å². The van der Waals surface area contributed by atoms with Gasteiger partial charge in [-0.15, -0.1) is 0 Å². The second-order valence-corrected chi connectivity index (χ2v) is 4.78. The summed E-state index contributed by atoms with van der Waals surface area (Å²) in [5.41, 5.74) is 6.64. The lowest BCUT2D eigenvalue weighted by molar-refractivity contribution is 0.295. The SMILES string of the molecule is CC(C)CCCOc1cc(Cl)ccc1CN. The van der Waals surface area contributed by atoms with Crippen LogP contribution in [0.25, 0.3) is 0 Å². The van der Waals surface area contributed by atoms with E-state index in [0.717, 1.165) is 30.3 Å². The van der Waals surface area contributed by atoms with Gasteiger partial charge in [-0.2, -0.15) is 0 Å². The zero-order chi connectivity index (χ0) is 12.0. The van der Waals surface area contributed by atoms with E-state index in [4.69, 9.17) is 22.1 Å². The highest BCUT2D eigenvalue weighted by atomic mass is 35.5. The molecule has 0 bridgehead atoms. The van der Waals surface area contributed by atoms with Crippen LogP contribution >= 0.6 is 11.6 Å². The van der Waals surface area contributed by atoms with Crippen molar-refractivity contribution in [1.29, 1.82) is 0 Å². The maximum absolute atomic E-state index is 5.92. The van der Waals surface area contributed by atoms with Crippen LogP contribution in [0.4, 0.5) is 0 Å². The molecule has 0 aliphatic heterocycles. The van der Waals surface area contributed by atoms with Crippen molar-refractivity contribution in [1.82, 2.24) is 0 Å². The molecule has 0 unspecified atom stereocenters. The maximum Gasteiger partial charge on any atom is 0.125 e. The quantitative estimate of drug-likeness (QED) is 0.773. The average molecular weight is 242 g/mol. The lowest BCUT2D eigenvalue weighted by Gasteiger charge is -2.11. The molecule has 0 atom stereocenters. The minimum atomic E-state index is 0.483. The molecule has 0 radical (unpaired) electrons. The van der Waals surface area contributed by atoms with Crippen LogP contribution in [0, 0.1) is 5.92 Å². The molecule has 0 fully saturated rings. The Balaban J connectivity index is 2.48. The minimum Gasteiger partial charge on any atom is -0.493 e. The monoisotopic (exact) mass is 241 g/mol. The lowest BCUT2D eigenvalue weighted by atomic mass is 10.1. The first-order chi connectivity index (χ1) is 7.63. The second kappa shape index (κ2) is 6.77. The van der Waals surface area contributed by atoms with Gasteiger partial charge in [0, 0.05) is 17.1 Å². The summed E-state index contributed by atoms with van der Waals surface area (Å²) in [7, 11) is 0. The van der Waals surface area contributed by atoms with Gasteiger partial charge in [0.1, 0.15) is 5.75 Å². The molecule has 2 nitrogen and oxygen atoms in total. The van der Waals surface area contributed by atoms with E-state index < -0.39 is 0 Å². The Morgan fingerprint density at radius 1 is 1.38 bits per heavy atom. The molecule has 0 aliphatic carbocycles. The topological polar surface area (TPSA) is 35.2 Å². The first kappa shape index (κ1) is 13.3. The third-order valence-electron chi connectivity index (χ3n) is 2.43. The van der Waals surface area contributed by atoms with Crippen molar-refractivity contribution in [3.05, 3.63) is 28.8 Å². The van der Waals surface area contributed by atoms with Gasteiger partial charge < -0.3 is 10.5 Å². The zero-order valence-corrected chi connectivity index (χ0v) is 10.8. The zero-order valence-electron chi connectivity index (χ0n) is 10.0. The molecule has 0 heterocycles. The molecule has 16 heavy (non-hydrogen) atoms. The summed E-state index contributed by atoms with van der Waals surface area (Å²) in [4.78, 5) is 0. The van der Waals surface area contributed by atoms with Crippen LogP contribution in [0.15, 0.2) is 18.2 Å². The number of benzene rings is 1. The van der Waals surface area contributed by atoms with E-state index in [1.165, 1.54) is 6.42 Å². The number of hydrogen-bond acceptors (Lipinski definition) is 2. The lowest BCUT2D eigenvalue weighted by Crippen LogP contribution is -2.04. The fourth-order valence-corrected chi connectivity index (χ4v) is 1.67. The second-order valence-electron chi connectivity index (χ2n) is 4.34. The van der Waals surface area contributed by atoms with Crippen molar-refractivity contribution >= 4 is 11.6 Å². The third-order valence-corrected chi connectivity index (χ3v) is 2.67. The van der Waals surface area contributed by atoms with Crippen molar-refractivity contribution in [3.63, 3.8) is 0 Å². The highest BCUT2D eigenvalue weighted by Crippen LogP contribution is 2.23. The van der Waals surface area contributed by atoms with Crippen LogP contribution in [-0.4, -0.2) is 6.61 Å². The molecule has 0 aromatic heterocycles. The van der Waals surface area contributed by atoms with E-state index in [9.17, 15) is 0 Å². The molecule has 2 N–H and O–H groups in total. The van der Waals surface area contributed by atoms with Crippen LogP contribution in [0.3, 0.4) is 0 Å². The normalized spacial score (nSPS) is 10.8. The average Bonchev–Trinajstić information content (AvgIpc) is 2.24. The summed E-state index contributed by atoms with van der Waals surface area (Å²) in [5.74, 6) is 1.54. The van der Waals surface area contributed by atoms with Crippen molar-refractivity contribution in [2.45, 2.75) is 33.2 Å². The molecule has 0 amide bonds. The Morgan fingerprint density at radius 2 is 2.12 bits per heavy atom. The molecule has 0 saturated heterocycles. The van der Waals surface area contributed by atoms with Gasteiger partial charge in [0.05, 0.1) is 6.61 Å². The van der Waals surface area contributed by atoms with Gasteiger partial charge in [0.2, 0.25) is 0 Å². The van der Waals surface area contributed by atoms with Crippen LogP contribution in [0.1, 0.15) is 32.3 Å². The van der Waals surface area contributed by atoms with Gasteiger partial charge in [0.25, 0.3) is 0 Å².